The van der Waals surface area contributed by atoms with Gasteiger partial charge in [0.2, 0.25) is 10.0 Å². The fourth-order valence-electron chi connectivity index (χ4n) is 2.02. The van der Waals surface area contributed by atoms with Crippen molar-refractivity contribution in [3.05, 3.63) is 28.7 Å². The summed E-state index contributed by atoms with van der Waals surface area (Å²) in [5, 5.41) is 3.12. The summed E-state index contributed by atoms with van der Waals surface area (Å²) in [5.74, 6) is -0.520. The van der Waals surface area contributed by atoms with Crippen molar-refractivity contribution < 1.29 is 12.8 Å². The summed E-state index contributed by atoms with van der Waals surface area (Å²) in [6.07, 6.45) is 0. The van der Waals surface area contributed by atoms with Crippen molar-refractivity contribution in [1.82, 2.24) is 14.6 Å². The van der Waals surface area contributed by atoms with E-state index in [9.17, 15) is 13.2 Å². The molecular formula is C13H19N3O4S. The Hall–Kier alpha value is -1.64. The van der Waals surface area contributed by atoms with E-state index in [2.05, 4.69) is 10.0 Å². The molecule has 1 aromatic heterocycles. The number of oxazole rings is 1. The van der Waals surface area contributed by atoms with E-state index in [0.717, 1.165) is 6.54 Å². The van der Waals surface area contributed by atoms with Gasteiger partial charge in [-0.3, -0.25) is 4.57 Å². The van der Waals surface area contributed by atoms with Crippen molar-refractivity contribution in [1.29, 1.82) is 0 Å². The van der Waals surface area contributed by atoms with Gasteiger partial charge in [0.15, 0.2) is 5.58 Å². The number of aromatic nitrogens is 1. The molecule has 1 heterocycles. The van der Waals surface area contributed by atoms with Gasteiger partial charge in [-0.15, -0.1) is 0 Å². The summed E-state index contributed by atoms with van der Waals surface area (Å²) in [5.41, 5.74) is 0.810. The molecule has 0 aliphatic rings. The number of nitrogens with one attached hydrogen (secondary N) is 2. The second-order valence-electron chi connectivity index (χ2n) is 4.87. The van der Waals surface area contributed by atoms with Gasteiger partial charge >= 0.3 is 5.76 Å². The maximum atomic E-state index is 12.2. The van der Waals surface area contributed by atoms with E-state index in [4.69, 9.17) is 4.42 Å². The van der Waals surface area contributed by atoms with Gasteiger partial charge in [0.05, 0.1) is 10.4 Å². The van der Waals surface area contributed by atoms with E-state index in [1.165, 1.54) is 16.7 Å². The Morgan fingerprint density at radius 3 is 2.76 bits per heavy atom. The van der Waals surface area contributed by atoms with Crippen LogP contribution in [0.25, 0.3) is 11.1 Å². The highest BCUT2D eigenvalue weighted by molar-refractivity contribution is 7.89. The molecule has 0 saturated carbocycles. The van der Waals surface area contributed by atoms with Gasteiger partial charge in [-0.25, -0.2) is 17.9 Å². The first kappa shape index (κ1) is 15.7. The predicted molar refractivity (Wildman–Crippen MR) is 79.8 cm³/mol. The fourth-order valence-corrected chi connectivity index (χ4v) is 3.17. The molecule has 0 fully saturated rings. The number of fused-ring (bicyclic) bond motifs is 1. The minimum atomic E-state index is -3.63. The molecule has 2 rings (SSSR count). The Morgan fingerprint density at radius 2 is 2.10 bits per heavy atom. The summed E-state index contributed by atoms with van der Waals surface area (Å²) >= 11 is 0. The summed E-state index contributed by atoms with van der Waals surface area (Å²) in [7, 11) is -2.06. The van der Waals surface area contributed by atoms with E-state index < -0.39 is 15.8 Å². The first-order valence-electron chi connectivity index (χ1n) is 6.67. The Bertz CT molecular complexity index is 791. The Balaban J connectivity index is 2.26. The number of hydrogen-bond donors (Lipinski definition) is 2. The Labute approximate surface area is 123 Å². The van der Waals surface area contributed by atoms with E-state index in [1.807, 2.05) is 13.8 Å². The van der Waals surface area contributed by atoms with Crippen LogP contribution in [0.5, 0.6) is 0 Å². The lowest BCUT2D eigenvalue weighted by Crippen LogP contribution is -2.38. The van der Waals surface area contributed by atoms with Crippen LogP contribution >= 0.6 is 0 Å². The van der Waals surface area contributed by atoms with Crippen LogP contribution in [0.15, 0.2) is 32.3 Å². The average molecular weight is 313 g/mol. The van der Waals surface area contributed by atoms with Gasteiger partial charge in [-0.05, 0) is 25.6 Å². The van der Waals surface area contributed by atoms with Crippen LogP contribution in [0.3, 0.4) is 0 Å². The fraction of sp³-hybridized carbons (Fsp3) is 0.462. The van der Waals surface area contributed by atoms with Crippen LogP contribution in [-0.4, -0.2) is 32.1 Å². The van der Waals surface area contributed by atoms with Gasteiger partial charge in [-0.1, -0.05) is 6.92 Å². The maximum absolute atomic E-state index is 12.2. The number of aryl methyl sites for hydroxylation is 1. The van der Waals surface area contributed by atoms with Gasteiger partial charge in [0, 0.05) is 25.7 Å². The zero-order valence-corrected chi connectivity index (χ0v) is 13.0. The minimum Gasteiger partial charge on any atom is -0.408 e. The van der Waals surface area contributed by atoms with Crippen molar-refractivity contribution in [2.75, 3.05) is 13.1 Å². The van der Waals surface area contributed by atoms with Crippen molar-refractivity contribution in [2.24, 2.45) is 7.05 Å². The normalized spacial score (nSPS) is 13.7. The van der Waals surface area contributed by atoms with Gasteiger partial charge in [0.1, 0.15) is 0 Å². The number of nitrogens with zero attached hydrogens (tertiary/aromatic N) is 1. The lowest BCUT2D eigenvalue weighted by molar-refractivity contribution is 0.526. The molecule has 8 heteroatoms. The summed E-state index contributed by atoms with van der Waals surface area (Å²) in [6, 6.07) is 4.40. The molecule has 7 nitrogen and oxygen atoms in total. The second kappa shape index (κ2) is 6.00. The van der Waals surface area contributed by atoms with E-state index in [-0.39, 0.29) is 23.1 Å². The first-order chi connectivity index (χ1) is 9.85. The smallest absolute Gasteiger partial charge is 0.408 e. The van der Waals surface area contributed by atoms with Gasteiger partial charge in [-0.2, -0.15) is 0 Å². The summed E-state index contributed by atoms with van der Waals surface area (Å²) < 4.78 is 33.3. The number of rotatable bonds is 6. The predicted octanol–water partition coefficient (Wildman–Crippen LogP) is 0.408. The second-order valence-corrected chi connectivity index (χ2v) is 6.63. The summed E-state index contributed by atoms with van der Waals surface area (Å²) in [6.45, 7) is 4.90. The zero-order valence-electron chi connectivity index (χ0n) is 12.2. The summed E-state index contributed by atoms with van der Waals surface area (Å²) in [4.78, 5) is 11.5. The van der Waals surface area contributed by atoms with Crippen LogP contribution < -0.4 is 15.8 Å². The molecular weight excluding hydrogens is 294 g/mol. The van der Waals surface area contributed by atoms with Crippen LogP contribution in [0.4, 0.5) is 0 Å². The SMILES string of the molecule is CCN[C@H](C)CNS(=O)(=O)c1ccc2c(c1)oc(=O)n2C. The number of hydrogen-bond acceptors (Lipinski definition) is 5. The van der Waals surface area contributed by atoms with Crippen LogP contribution in [0.1, 0.15) is 13.8 Å². The van der Waals surface area contributed by atoms with Crippen LogP contribution in [0, 0.1) is 0 Å². The molecule has 0 spiro atoms. The highest BCUT2D eigenvalue weighted by atomic mass is 32.2. The molecule has 21 heavy (non-hydrogen) atoms. The molecule has 1 atom stereocenters. The van der Waals surface area contributed by atoms with Crippen molar-refractivity contribution >= 4 is 21.1 Å². The lowest BCUT2D eigenvalue weighted by atomic mass is 10.3. The monoisotopic (exact) mass is 313 g/mol. The quantitative estimate of drug-likeness (QED) is 0.805. The molecule has 2 aromatic rings. The van der Waals surface area contributed by atoms with Crippen molar-refractivity contribution in [3.8, 4) is 0 Å². The third kappa shape index (κ3) is 3.34. The first-order valence-corrected chi connectivity index (χ1v) is 8.16. The van der Waals surface area contributed by atoms with Gasteiger partial charge < -0.3 is 9.73 Å². The molecule has 0 aliphatic carbocycles. The largest absolute Gasteiger partial charge is 0.419 e. The Morgan fingerprint density at radius 1 is 1.38 bits per heavy atom. The molecule has 0 amide bonds. The topological polar surface area (TPSA) is 93.3 Å². The third-order valence-electron chi connectivity index (χ3n) is 3.21. The molecule has 0 radical (unpaired) electrons. The molecule has 0 bridgehead atoms. The standard InChI is InChI=1S/C13H19N3O4S/c1-4-14-9(2)8-15-21(18,19)10-5-6-11-12(7-10)20-13(17)16(11)3/h5-7,9,14-15H,4,8H2,1-3H3/t9-/m1/s1. The molecule has 116 valence electrons. The van der Waals surface area contributed by atoms with E-state index in [0.29, 0.717) is 5.52 Å². The molecule has 1 aromatic carbocycles. The Kier molecular flexibility index (Phi) is 4.50. The molecule has 0 aliphatic heterocycles. The van der Waals surface area contributed by atoms with E-state index in [1.54, 1.807) is 13.1 Å². The average Bonchev–Trinajstić information content (AvgIpc) is 2.72. The van der Waals surface area contributed by atoms with Crippen LogP contribution in [0.2, 0.25) is 0 Å². The number of benzene rings is 1. The minimum absolute atomic E-state index is 0.0307. The van der Waals surface area contributed by atoms with Gasteiger partial charge in [0.25, 0.3) is 0 Å². The molecule has 0 saturated heterocycles. The van der Waals surface area contributed by atoms with Crippen LogP contribution in [-0.2, 0) is 17.1 Å². The zero-order chi connectivity index (χ0) is 15.6. The van der Waals surface area contributed by atoms with E-state index >= 15 is 0 Å². The third-order valence-corrected chi connectivity index (χ3v) is 4.63. The molecule has 2 N–H and O–H groups in total. The van der Waals surface area contributed by atoms with Crippen molar-refractivity contribution in [3.63, 3.8) is 0 Å². The van der Waals surface area contributed by atoms with Crippen molar-refractivity contribution in [2.45, 2.75) is 24.8 Å². The number of sulfonamides is 1. The maximum Gasteiger partial charge on any atom is 0.419 e. The number of likely N-dealkylation sites (N-methyl/N-ethyl adjacent to an activating group) is 1. The highest BCUT2D eigenvalue weighted by Crippen LogP contribution is 2.17. The molecule has 0 unspecified atom stereocenters. The highest BCUT2D eigenvalue weighted by Gasteiger charge is 2.17. The lowest BCUT2D eigenvalue weighted by Gasteiger charge is -2.13.